The standard InChI is InChI=1S/C27H54N4/c1-9-23-22-30(17-13-14-18-30)27(29(23)26(7,8)12-4)28(25(5,6)11-3)21-24(10-2)31(27)19-15-16-20-31/h23-24H,9-22H2,1-8H3/q+2. The molecule has 4 rings (SSSR count). The maximum Gasteiger partial charge on any atom is 0.358 e. The van der Waals surface area contributed by atoms with Gasteiger partial charge in [-0.15, -0.1) is 0 Å². The normalized spacial score (nSPS) is 36.0. The van der Waals surface area contributed by atoms with Crippen LogP contribution >= 0.6 is 0 Å². The molecule has 4 fully saturated rings. The number of rotatable bonds is 6. The monoisotopic (exact) mass is 434 g/mol. The van der Waals surface area contributed by atoms with Crippen LogP contribution in [0.25, 0.3) is 0 Å². The van der Waals surface area contributed by atoms with Gasteiger partial charge >= 0.3 is 5.91 Å². The maximum absolute atomic E-state index is 3.18. The summed E-state index contributed by atoms with van der Waals surface area (Å²) in [5.74, 6) is 0.132. The molecule has 0 aromatic heterocycles. The minimum Gasteiger partial charge on any atom is -0.241 e. The van der Waals surface area contributed by atoms with E-state index >= 15 is 0 Å². The summed E-state index contributed by atoms with van der Waals surface area (Å²) in [6.45, 7) is 28.5. The third-order valence-corrected chi connectivity index (χ3v) is 10.8. The van der Waals surface area contributed by atoms with Gasteiger partial charge in [-0.1, -0.05) is 27.7 Å². The van der Waals surface area contributed by atoms with Gasteiger partial charge in [-0.25, -0.2) is 8.97 Å². The average molecular weight is 435 g/mol. The average Bonchev–Trinajstić information content (AvgIpc) is 3.52. The van der Waals surface area contributed by atoms with Gasteiger partial charge in [0, 0.05) is 36.8 Å². The van der Waals surface area contributed by atoms with Crippen LogP contribution in [0.15, 0.2) is 0 Å². The lowest BCUT2D eigenvalue weighted by atomic mass is 9.93. The van der Waals surface area contributed by atoms with Gasteiger partial charge in [-0.3, -0.25) is 0 Å². The molecule has 0 radical (unpaired) electrons. The SMILES string of the molecule is CCC1C[N+]2(CCCC2)C2(N(C(C)(C)CC)CC(CC)[N+]23CCCC3)N1C(C)(C)CC. The highest BCUT2D eigenvalue weighted by Gasteiger charge is 2.84. The highest BCUT2D eigenvalue weighted by Crippen LogP contribution is 2.60. The molecule has 0 saturated carbocycles. The molecule has 4 heteroatoms. The minimum absolute atomic E-state index is 0.132. The van der Waals surface area contributed by atoms with E-state index in [0.29, 0.717) is 6.04 Å². The Morgan fingerprint density at radius 2 is 1.32 bits per heavy atom. The van der Waals surface area contributed by atoms with E-state index in [1.807, 2.05) is 0 Å². The maximum atomic E-state index is 3.18. The van der Waals surface area contributed by atoms with Gasteiger partial charge < -0.3 is 0 Å². The highest BCUT2D eigenvalue weighted by atomic mass is 15.9. The molecule has 180 valence electrons. The van der Waals surface area contributed by atoms with Gasteiger partial charge in [0.25, 0.3) is 0 Å². The van der Waals surface area contributed by atoms with E-state index in [-0.39, 0.29) is 17.0 Å². The first-order valence-corrected chi connectivity index (χ1v) is 13.9. The molecule has 3 unspecified atom stereocenters. The lowest BCUT2D eigenvalue weighted by Crippen LogP contribution is -2.86. The first-order valence-electron chi connectivity index (χ1n) is 13.9. The Morgan fingerprint density at radius 3 is 1.81 bits per heavy atom. The Morgan fingerprint density at radius 1 is 0.774 bits per heavy atom. The molecule has 4 heterocycles. The number of fused-ring (bicyclic) bond motifs is 2. The van der Waals surface area contributed by atoms with Crippen LogP contribution in [-0.2, 0) is 0 Å². The lowest BCUT2D eigenvalue weighted by Gasteiger charge is -2.62. The van der Waals surface area contributed by atoms with E-state index in [9.17, 15) is 0 Å². The molecule has 4 aliphatic heterocycles. The van der Waals surface area contributed by atoms with Crippen LogP contribution in [0.4, 0.5) is 0 Å². The molecule has 4 nitrogen and oxygen atoms in total. The third kappa shape index (κ3) is 2.93. The topological polar surface area (TPSA) is 6.48 Å². The number of quaternary nitrogens is 2. The van der Waals surface area contributed by atoms with Crippen molar-refractivity contribution in [3.05, 3.63) is 0 Å². The quantitative estimate of drug-likeness (QED) is 0.518. The second-order valence-corrected chi connectivity index (χ2v) is 12.7. The predicted octanol–water partition coefficient (Wildman–Crippen LogP) is 5.38. The van der Waals surface area contributed by atoms with Gasteiger partial charge in [0.2, 0.25) is 0 Å². The Bertz CT molecular complexity index is 644. The van der Waals surface area contributed by atoms with E-state index in [0.717, 1.165) is 6.04 Å². The summed E-state index contributed by atoms with van der Waals surface area (Å²) < 4.78 is 2.75. The molecular weight excluding hydrogens is 380 g/mol. The van der Waals surface area contributed by atoms with E-state index < -0.39 is 0 Å². The Hall–Kier alpha value is -0.160. The van der Waals surface area contributed by atoms with Crippen LogP contribution in [0.3, 0.4) is 0 Å². The summed E-state index contributed by atoms with van der Waals surface area (Å²) in [5, 5.41) is 0. The second kappa shape index (κ2) is 7.96. The van der Waals surface area contributed by atoms with Gasteiger partial charge in [0.1, 0.15) is 12.6 Å². The van der Waals surface area contributed by atoms with Crippen molar-refractivity contribution in [3.8, 4) is 0 Å². The number of nitrogens with zero attached hydrogens (tertiary/aromatic N) is 4. The molecule has 0 bridgehead atoms. The summed E-state index contributed by atoms with van der Waals surface area (Å²) in [6, 6.07) is 1.49. The molecular formula is C27H54N4+2. The van der Waals surface area contributed by atoms with Crippen LogP contribution in [0.5, 0.6) is 0 Å². The molecule has 3 spiro atoms. The Balaban J connectivity index is 2.07. The summed E-state index contributed by atoms with van der Waals surface area (Å²) in [4.78, 5) is 6.32. The van der Waals surface area contributed by atoms with Crippen molar-refractivity contribution in [2.45, 2.75) is 136 Å². The van der Waals surface area contributed by atoms with Gasteiger partial charge in [-0.05, 0) is 53.4 Å². The molecule has 31 heavy (non-hydrogen) atoms. The molecule has 0 amide bonds. The zero-order valence-electron chi connectivity index (χ0n) is 22.3. The van der Waals surface area contributed by atoms with Crippen molar-refractivity contribution in [1.29, 1.82) is 0 Å². The number of hydrogen-bond donors (Lipinski definition) is 0. The van der Waals surface area contributed by atoms with E-state index in [4.69, 9.17) is 0 Å². The minimum atomic E-state index is 0.132. The smallest absolute Gasteiger partial charge is 0.241 e. The van der Waals surface area contributed by atoms with E-state index in [1.165, 1.54) is 99.6 Å². The van der Waals surface area contributed by atoms with Gasteiger partial charge in [0.05, 0.1) is 38.8 Å². The summed E-state index contributed by atoms with van der Waals surface area (Å²) >= 11 is 0. The van der Waals surface area contributed by atoms with Gasteiger partial charge in [-0.2, -0.15) is 9.80 Å². The molecule has 3 atom stereocenters. The largest absolute Gasteiger partial charge is 0.358 e. The summed E-state index contributed by atoms with van der Waals surface area (Å²) in [5.41, 5.74) is 0.458. The predicted molar refractivity (Wildman–Crippen MR) is 131 cm³/mol. The zero-order valence-corrected chi connectivity index (χ0v) is 22.3. The van der Waals surface area contributed by atoms with Crippen LogP contribution in [-0.4, -0.2) is 87.1 Å². The Labute approximate surface area is 194 Å². The van der Waals surface area contributed by atoms with Crippen LogP contribution in [0.2, 0.25) is 0 Å². The summed E-state index contributed by atoms with van der Waals surface area (Å²) in [7, 11) is 0. The first-order chi connectivity index (χ1) is 14.6. The molecule has 0 aromatic carbocycles. The number of hydrogen-bond acceptors (Lipinski definition) is 2. The molecule has 0 N–H and O–H groups in total. The van der Waals surface area contributed by atoms with Crippen molar-refractivity contribution < 1.29 is 8.97 Å². The van der Waals surface area contributed by atoms with Crippen molar-refractivity contribution in [1.82, 2.24) is 9.80 Å². The second-order valence-electron chi connectivity index (χ2n) is 12.7. The Kier molecular flexibility index (Phi) is 6.16. The summed E-state index contributed by atoms with van der Waals surface area (Å²) in [6.07, 6.45) is 10.8. The van der Waals surface area contributed by atoms with Crippen molar-refractivity contribution in [3.63, 3.8) is 0 Å². The van der Waals surface area contributed by atoms with Crippen molar-refractivity contribution >= 4 is 0 Å². The molecule has 0 aromatic rings. The van der Waals surface area contributed by atoms with Gasteiger partial charge in [0.15, 0.2) is 0 Å². The third-order valence-electron chi connectivity index (χ3n) is 10.8. The van der Waals surface area contributed by atoms with E-state index in [2.05, 4.69) is 65.2 Å². The van der Waals surface area contributed by atoms with Crippen LogP contribution < -0.4 is 0 Å². The highest BCUT2D eigenvalue weighted by molar-refractivity contribution is 5.05. The molecule has 4 aliphatic rings. The van der Waals surface area contributed by atoms with Crippen LogP contribution in [0.1, 0.15) is 107 Å². The molecule has 0 aliphatic carbocycles. The zero-order chi connectivity index (χ0) is 22.7. The van der Waals surface area contributed by atoms with Crippen molar-refractivity contribution in [2.24, 2.45) is 0 Å². The van der Waals surface area contributed by atoms with Crippen molar-refractivity contribution in [2.75, 3.05) is 39.3 Å². The first kappa shape index (κ1) is 24.0. The lowest BCUT2D eigenvalue weighted by molar-refractivity contribution is -1.17. The fourth-order valence-electron chi connectivity index (χ4n) is 8.77. The fourth-order valence-corrected chi connectivity index (χ4v) is 8.77. The van der Waals surface area contributed by atoms with Crippen LogP contribution in [0, 0.1) is 0 Å². The molecule has 4 saturated heterocycles. The van der Waals surface area contributed by atoms with E-state index in [1.54, 1.807) is 0 Å². The fraction of sp³-hybridized carbons (Fsp3) is 1.00.